The first-order valence-electron chi connectivity index (χ1n) is 9.24. The van der Waals surface area contributed by atoms with Gasteiger partial charge in [-0.3, -0.25) is 19.6 Å². The van der Waals surface area contributed by atoms with Gasteiger partial charge in [-0.2, -0.15) is 5.10 Å². The summed E-state index contributed by atoms with van der Waals surface area (Å²) < 4.78 is 5.86. The van der Waals surface area contributed by atoms with Gasteiger partial charge >= 0.3 is 0 Å². The smallest absolute Gasteiger partial charge is 0.291 e. The Morgan fingerprint density at radius 3 is 2.59 bits per heavy atom. The van der Waals surface area contributed by atoms with Crippen molar-refractivity contribution in [3.05, 3.63) is 77.3 Å². The van der Waals surface area contributed by atoms with Crippen LogP contribution in [0.1, 0.15) is 50.6 Å². The van der Waals surface area contributed by atoms with Gasteiger partial charge in [0.05, 0.1) is 23.2 Å². The van der Waals surface area contributed by atoms with Crippen LogP contribution in [0.2, 0.25) is 0 Å². The van der Waals surface area contributed by atoms with Crippen molar-refractivity contribution in [1.29, 1.82) is 0 Å². The minimum atomic E-state index is -0.344. The summed E-state index contributed by atoms with van der Waals surface area (Å²) >= 11 is 0. The predicted molar refractivity (Wildman–Crippen MR) is 107 cm³/mol. The van der Waals surface area contributed by atoms with Crippen molar-refractivity contribution in [3.63, 3.8) is 0 Å². The summed E-state index contributed by atoms with van der Waals surface area (Å²) in [5, 5.41) is 7.09. The number of amides is 2. The van der Waals surface area contributed by atoms with Crippen LogP contribution in [0, 0.1) is 6.92 Å². The van der Waals surface area contributed by atoms with E-state index in [1.165, 1.54) is 6.20 Å². The molecule has 0 fully saturated rings. The number of rotatable bonds is 4. The molecule has 2 N–H and O–H groups in total. The molecule has 146 valence electrons. The largest absolute Gasteiger partial charge is 0.455 e. The maximum absolute atomic E-state index is 12.7. The number of hydrazone groups is 1. The number of fused-ring (bicyclic) bond motifs is 1. The lowest BCUT2D eigenvalue weighted by atomic mass is 9.93. The average Bonchev–Trinajstić information content (AvgIpc) is 3.10. The van der Waals surface area contributed by atoms with Gasteiger partial charge in [0.15, 0.2) is 5.76 Å². The highest BCUT2D eigenvalue weighted by molar-refractivity contribution is 6.09. The van der Waals surface area contributed by atoms with Gasteiger partial charge in [0.1, 0.15) is 5.76 Å². The lowest BCUT2D eigenvalue weighted by Gasteiger charge is -2.13. The number of carbonyl (C=O) groups is 2. The van der Waals surface area contributed by atoms with E-state index < -0.39 is 0 Å². The Labute approximate surface area is 167 Å². The van der Waals surface area contributed by atoms with E-state index in [1.807, 2.05) is 6.92 Å². The van der Waals surface area contributed by atoms with Crippen LogP contribution in [-0.2, 0) is 6.42 Å². The number of nitrogens with zero attached hydrogens (tertiary/aromatic N) is 3. The number of pyridine rings is 2. The van der Waals surface area contributed by atoms with Crippen LogP contribution in [0.3, 0.4) is 0 Å². The van der Waals surface area contributed by atoms with Gasteiger partial charge in [-0.15, -0.1) is 0 Å². The Hall–Kier alpha value is -3.81. The zero-order chi connectivity index (χ0) is 20.2. The number of aromatic nitrogens is 2. The highest BCUT2D eigenvalue weighted by Crippen LogP contribution is 2.30. The Morgan fingerprint density at radius 1 is 1.07 bits per heavy atom. The van der Waals surface area contributed by atoms with E-state index in [0.717, 1.165) is 12.0 Å². The summed E-state index contributed by atoms with van der Waals surface area (Å²) in [5.74, 6) is 0.267. The van der Waals surface area contributed by atoms with Gasteiger partial charge in [0.2, 0.25) is 0 Å². The van der Waals surface area contributed by atoms with Crippen LogP contribution in [0.25, 0.3) is 0 Å². The fourth-order valence-corrected chi connectivity index (χ4v) is 3.30. The second-order valence-corrected chi connectivity index (χ2v) is 6.64. The van der Waals surface area contributed by atoms with Crippen LogP contribution < -0.4 is 10.7 Å². The Bertz CT molecular complexity index is 1070. The van der Waals surface area contributed by atoms with Crippen molar-refractivity contribution in [1.82, 2.24) is 15.4 Å². The van der Waals surface area contributed by atoms with Crippen LogP contribution >= 0.6 is 0 Å². The SMILES string of the molecule is Cc1c(C(=O)Nc2cccnc2)oc2c1/C(=N/NC(=O)c1cccnc1)CCC2. The summed E-state index contributed by atoms with van der Waals surface area (Å²) in [4.78, 5) is 32.8. The maximum atomic E-state index is 12.7. The Morgan fingerprint density at radius 2 is 1.86 bits per heavy atom. The molecular weight excluding hydrogens is 370 g/mol. The van der Waals surface area contributed by atoms with E-state index in [0.29, 0.717) is 41.1 Å². The van der Waals surface area contributed by atoms with Crippen LogP contribution in [-0.4, -0.2) is 27.5 Å². The van der Waals surface area contributed by atoms with E-state index in [9.17, 15) is 9.59 Å². The standard InChI is InChI=1S/C21H19N5O3/c1-13-18-16(25-26-20(27)14-5-3-9-22-11-14)7-2-8-17(18)29-19(13)21(28)24-15-6-4-10-23-12-15/h3-6,9-12H,2,7-8H2,1H3,(H,24,28)(H,26,27)/b25-16+. The quantitative estimate of drug-likeness (QED) is 0.667. The molecule has 1 aliphatic carbocycles. The molecule has 1 aliphatic rings. The molecule has 8 heteroatoms. The molecule has 0 saturated carbocycles. The van der Waals surface area contributed by atoms with Crippen molar-refractivity contribution < 1.29 is 14.0 Å². The van der Waals surface area contributed by atoms with Gasteiger partial charge in [-0.05, 0) is 44.0 Å². The highest BCUT2D eigenvalue weighted by atomic mass is 16.4. The number of furan rings is 1. The van der Waals surface area contributed by atoms with Crippen LogP contribution in [0.15, 0.2) is 58.6 Å². The fraction of sp³-hybridized carbons (Fsp3) is 0.190. The first-order chi connectivity index (χ1) is 14.1. The van der Waals surface area contributed by atoms with Crippen molar-refractivity contribution in [2.45, 2.75) is 26.2 Å². The molecule has 3 aromatic heterocycles. The first-order valence-corrected chi connectivity index (χ1v) is 9.24. The van der Waals surface area contributed by atoms with E-state index in [2.05, 4.69) is 25.8 Å². The zero-order valence-corrected chi connectivity index (χ0v) is 15.8. The molecule has 0 radical (unpaired) electrons. The fourth-order valence-electron chi connectivity index (χ4n) is 3.30. The van der Waals surface area contributed by atoms with Gasteiger partial charge in [0.25, 0.3) is 11.8 Å². The number of carbonyl (C=O) groups excluding carboxylic acids is 2. The molecule has 3 heterocycles. The summed E-state index contributed by atoms with van der Waals surface area (Å²) in [6, 6.07) is 6.85. The van der Waals surface area contributed by atoms with Crippen molar-refractivity contribution >= 4 is 23.2 Å². The normalized spacial score (nSPS) is 14.3. The third-order valence-electron chi connectivity index (χ3n) is 4.67. The molecule has 0 unspecified atom stereocenters. The van der Waals surface area contributed by atoms with Crippen LogP contribution in [0.4, 0.5) is 5.69 Å². The molecule has 3 aromatic rings. The minimum Gasteiger partial charge on any atom is -0.455 e. The number of anilines is 1. The van der Waals surface area contributed by atoms with Crippen LogP contribution in [0.5, 0.6) is 0 Å². The van der Waals surface area contributed by atoms with E-state index in [1.54, 1.807) is 42.9 Å². The molecule has 0 atom stereocenters. The maximum Gasteiger partial charge on any atom is 0.291 e. The summed E-state index contributed by atoms with van der Waals surface area (Å²) in [6.07, 6.45) is 8.50. The molecule has 0 aromatic carbocycles. The van der Waals surface area contributed by atoms with Gasteiger partial charge in [-0.1, -0.05) is 0 Å². The lowest BCUT2D eigenvalue weighted by molar-refractivity contribution is 0.0953. The molecule has 0 bridgehead atoms. The van der Waals surface area contributed by atoms with Gasteiger partial charge < -0.3 is 9.73 Å². The number of hydrogen-bond acceptors (Lipinski definition) is 6. The Balaban J connectivity index is 1.57. The molecule has 4 rings (SSSR count). The van der Waals surface area contributed by atoms with E-state index in [4.69, 9.17) is 4.42 Å². The molecular formula is C21H19N5O3. The Kier molecular flexibility index (Phi) is 5.15. The van der Waals surface area contributed by atoms with Crippen molar-refractivity contribution in [2.24, 2.45) is 5.10 Å². The summed E-state index contributed by atoms with van der Waals surface area (Å²) in [5.41, 5.74) is 5.78. The highest BCUT2D eigenvalue weighted by Gasteiger charge is 2.28. The molecule has 29 heavy (non-hydrogen) atoms. The molecule has 0 aliphatic heterocycles. The number of nitrogens with one attached hydrogen (secondary N) is 2. The number of aryl methyl sites for hydroxylation is 1. The zero-order valence-electron chi connectivity index (χ0n) is 15.8. The van der Waals surface area contributed by atoms with E-state index >= 15 is 0 Å². The van der Waals surface area contributed by atoms with Gasteiger partial charge in [0, 0.05) is 36.1 Å². The lowest BCUT2D eigenvalue weighted by Crippen LogP contribution is -2.22. The van der Waals surface area contributed by atoms with Gasteiger partial charge in [-0.25, -0.2) is 5.43 Å². The van der Waals surface area contributed by atoms with E-state index in [-0.39, 0.29) is 17.6 Å². The second kappa shape index (κ2) is 8.05. The summed E-state index contributed by atoms with van der Waals surface area (Å²) in [7, 11) is 0. The van der Waals surface area contributed by atoms with Crippen molar-refractivity contribution in [3.8, 4) is 0 Å². The second-order valence-electron chi connectivity index (χ2n) is 6.64. The predicted octanol–water partition coefficient (Wildman–Crippen LogP) is 3.10. The molecule has 2 amide bonds. The molecule has 8 nitrogen and oxygen atoms in total. The van der Waals surface area contributed by atoms with Crippen molar-refractivity contribution in [2.75, 3.05) is 5.32 Å². The third kappa shape index (κ3) is 3.91. The topological polar surface area (TPSA) is 109 Å². The molecule has 0 saturated heterocycles. The molecule has 0 spiro atoms. The first kappa shape index (κ1) is 18.5. The third-order valence-corrected chi connectivity index (χ3v) is 4.67. The average molecular weight is 389 g/mol. The summed E-state index contributed by atoms with van der Waals surface area (Å²) in [6.45, 7) is 1.82. The minimum absolute atomic E-state index is 0.243. The number of hydrogen-bond donors (Lipinski definition) is 2. The monoisotopic (exact) mass is 389 g/mol.